The molecule has 0 aliphatic rings. The smallest absolute Gasteiger partial charge is 0.234 e. The molecule has 1 atom stereocenters. The van der Waals surface area contributed by atoms with Crippen molar-refractivity contribution in [3.8, 4) is 11.5 Å². The number of ether oxygens (including phenoxy) is 2. The van der Waals surface area contributed by atoms with Crippen molar-refractivity contribution in [1.82, 2.24) is 14.8 Å². The van der Waals surface area contributed by atoms with Gasteiger partial charge in [0.05, 0.1) is 12.9 Å². The van der Waals surface area contributed by atoms with Gasteiger partial charge in [-0.15, -0.1) is 10.2 Å². The van der Waals surface area contributed by atoms with Crippen molar-refractivity contribution in [2.75, 3.05) is 18.2 Å². The lowest BCUT2D eigenvalue weighted by atomic mass is 10.1. The van der Waals surface area contributed by atoms with E-state index in [1.54, 1.807) is 7.11 Å². The van der Waals surface area contributed by atoms with Gasteiger partial charge >= 0.3 is 0 Å². The van der Waals surface area contributed by atoms with Crippen LogP contribution in [-0.2, 0) is 17.8 Å². The molecule has 0 spiro atoms. The molecule has 0 saturated carbocycles. The zero-order valence-electron chi connectivity index (χ0n) is 19.2. The Labute approximate surface area is 193 Å². The van der Waals surface area contributed by atoms with Crippen molar-refractivity contribution in [3.63, 3.8) is 0 Å². The van der Waals surface area contributed by atoms with Crippen LogP contribution in [0, 0.1) is 6.92 Å². The van der Waals surface area contributed by atoms with E-state index < -0.39 is 0 Å². The number of aromatic nitrogens is 3. The number of carbonyl (C=O) groups is 1. The molecule has 1 unspecified atom stereocenters. The molecule has 0 fully saturated rings. The van der Waals surface area contributed by atoms with E-state index in [1.807, 2.05) is 67.8 Å². The minimum atomic E-state index is -0.293. The number of thioether (sulfide) groups is 1. The highest BCUT2D eigenvalue weighted by atomic mass is 32.2. The Morgan fingerprint density at radius 3 is 2.50 bits per heavy atom. The van der Waals surface area contributed by atoms with Crippen LogP contribution in [0.2, 0.25) is 0 Å². The third-order valence-electron chi connectivity index (χ3n) is 5.13. The number of carbonyl (C=O) groups excluding carboxylic acids is 1. The fourth-order valence-electron chi connectivity index (χ4n) is 3.42. The second-order valence-corrected chi connectivity index (χ2v) is 8.26. The Balaban J connectivity index is 1.65. The lowest BCUT2D eigenvalue weighted by molar-refractivity contribution is -0.113. The highest BCUT2D eigenvalue weighted by Gasteiger charge is 2.20. The van der Waals surface area contributed by atoms with E-state index >= 15 is 0 Å². The molecule has 0 bridgehead atoms. The highest BCUT2D eigenvalue weighted by molar-refractivity contribution is 7.99. The Morgan fingerprint density at radius 1 is 1.12 bits per heavy atom. The topological polar surface area (TPSA) is 78.3 Å². The molecule has 1 amide bonds. The van der Waals surface area contributed by atoms with Gasteiger partial charge in [0.25, 0.3) is 0 Å². The summed E-state index contributed by atoms with van der Waals surface area (Å²) in [7, 11) is 1.63. The zero-order valence-corrected chi connectivity index (χ0v) is 20.0. The standard InChI is InChI=1S/C24H30N4O3S/c1-6-18-10-8-9-16(3)22(18)25-21(29)15-32-24-27-26-23(28(24)7-2)17(4)31-20-13-11-19(30-5)12-14-20/h8-14,17H,6-7,15H2,1-5H3,(H,25,29). The number of benzene rings is 2. The van der Waals surface area contributed by atoms with Crippen LogP contribution in [0.4, 0.5) is 5.69 Å². The first-order valence-electron chi connectivity index (χ1n) is 10.7. The van der Waals surface area contributed by atoms with Gasteiger partial charge in [-0.1, -0.05) is 36.9 Å². The van der Waals surface area contributed by atoms with Gasteiger partial charge in [-0.05, 0) is 62.6 Å². The van der Waals surface area contributed by atoms with Gasteiger partial charge in [-0.3, -0.25) is 4.79 Å². The summed E-state index contributed by atoms with van der Waals surface area (Å²) in [6.07, 6.45) is 0.572. The van der Waals surface area contributed by atoms with E-state index in [9.17, 15) is 4.79 Å². The third kappa shape index (κ3) is 5.62. The van der Waals surface area contributed by atoms with Crippen molar-refractivity contribution in [2.24, 2.45) is 0 Å². The summed E-state index contributed by atoms with van der Waals surface area (Å²) in [4.78, 5) is 12.6. The summed E-state index contributed by atoms with van der Waals surface area (Å²) in [6.45, 7) is 8.73. The maximum Gasteiger partial charge on any atom is 0.234 e. The number of rotatable bonds is 10. The first-order chi connectivity index (χ1) is 15.5. The number of hydrogen-bond acceptors (Lipinski definition) is 6. The lowest BCUT2D eigenvalue weighted by Crippen LogP contribution is -2.17. The average Bonchev–Trinajstić information content (AvgIpc) is 3.22. The number of methoxy groups -OCH3 is 1. The van der Waals surface area contributed by atoms with E-state index in [2.05, 4.69) is 22.4 Å². The largest absolute Gasteiger partial charge is 0.497 e. The van der Waals surface area contributed by atoms with E-state index in [-0.39, 0.29) is 17.8 Å². The number of nitrogens with zero attached hydrogens (tertiary/aromatic N) is 3. The minimum absolute atomic E-state index is 0.0614. The van der Waals surface area contributed by atoms with Gasteiger partial charge in [0.1, 0.15) is 11.5 Å². The molecule has 32 heavy (non-hydrogen) atoms. The van der Waals surface area contributed by atoms with Crippen molar-refractivity contribution in [3.05, 3.63) is 59.4 Å². The predicted octanol–water partition coefficient (Wildman–Crippen LogP) is 5.05. The monoisotopic (exact) mass is 454 g/mol. The normalized spacial score (nSPS) is 11.8. The van der Waals surface area contributed by atoms with Crippen LogP contribution in [-0.4, -0.2) is 33.5 Å². The number of para-hydroxylation sites is 1. The second kappa shape index (κ2) is 11.0. The fourth-order valence-corrected chi connectivity index (χ4v) is 4.23. The van der Waals surface area contributed by atoms with Crippen LogP contribution in [0.1, 0.15) is 43.8 Å². The highest BCUT2D eigenvalue weighted by Crippen LogP contribution is 2.26. The maximum absolute atomic E-state index is 12.6. The van der Waals surface area contributed by atoms with Crippen LogP contribution in [0.15, 0.2) is 47.6 Å². The average molecular weight is 455 g/mol. The van der Waals surface area contributed by atoms with Crippen molar-refractivity contribution < 1.29 is 14.3 Å². The number of nitrogens with one attached hydrogen (secondary N) is 1. The Bertz CT molecular complexity index is 1050. The fraction of sp³-hybridized carbons (Fsp3) is 0.375. The molecular weight excluding hydrogens is 424 g/mol. The first kappa shape index (κ1) is 23.7. The van der Waals surface area contributed by atoms with E-state index in [0.717, 1.165) is 40.6 Å². The van der Waals surface area contributed by atoms with E-state index in [0.29, 0.717) is 11.7 Å². The van der Waals surface area contributed by atoms with Crippen molar-refractivity contribution in [2.45, 2.75) is 51.9 Å². The van der Waals surface area contributed by atoms with Crippen LogP contribution >= 0.6 is 11.8 Å². The molecule has 0 aliphatic heterocycles. The number of amides is 1. The summed E-state index contributed by atoms with van der Waals surface area (Å²) in [6, 6.07) is 13.5. The van der Waals surface area contributed by atoms with Crippen LogP contribution in [0.5, 0.6) is 11.5 Å². The lowest BCUT2D eigenvalue weighted by Gasteiger charge is -2.16. The van der Waals surface area contributed by atoms with Crippen LogP contribution < -0.4 is 14.8 Å². The molecular formula is C24H30N4O3S. The predicted molar refractivity (Wildman–Crippen MR) is 128 cm³/mol. The van der Waals surface area contributed by atoms with Gasteiger partial charge in [0.2, 0.25) is 5.91 Å². The minimum Gasteiger partial charge on any atom is -0.497 e. The van der Waals surface area contributed by atoms with Gasteiger partial charge in [0, 0.05) is 12.2 Å². The molecule has 0 aliphatic carbocycles. The zero-order chi connectivity index (χ0) is 23.1. The summed E-state index contributed by atoms with van der Waals surface area (Å²) in [5, 5.41) is 12.4. The van der Waals surface area contributed by atoms with Crippen molar-refractivity contribution >= 4 is 23.4 Å². The molecule has 3 rings (SSSR count). The van der Waals surface area contributed by atoms with Gasteiger partial charge in [0.15, 0.2) is 17.1 Å². The molecule has 2 aromatic carbocycles. The Kier molecular flexibility index (Phi) is 8.16. The third-order valence-corrected chi connectivity index (χ3v) is 6.10. The van der Waals surface area contributed by atoms with E-state index in [4.69, 9.17) is 9.47 Å². The Hall–Kier alpha value is -3.00. The van der Waals surface area contributed by atoms with Crippen LogP contribution in [0.25, 0.3) is 0 Å². The van der Waals surface area contributed by atoms with E-state index in [1.165, 1.54) is 11.8 Å². The van der Waals surface area contributed by atoms with Crippen molar-refractivity contribution in [1.29, 1.82) is 0 Å². The van der Waals surface area contributed by atoms with Gasteiger partial charge in [-0.25, -0.2) is 0 Å². The molecule has 0 saturated heterocycles. The molecule has 170 valence electrons. The summed E-state index contributed by atoms with van der Waals surface area (Å²) >= 11 is 1.37. The number of anilines is 1. The molecule has 8 heteroatoms. The molecule has 1 aromatic heterocycles. The molecule has 1 heterocycles. The second-order valence-electron chi connectivity index (χ2n) is 7.32. The molecule has 0 radical (unpaired) electrons. The number of hydrogen-bond donors (Lipinski definition) is 1. The van der Waals surface area contributed by atoms with Gasteiger partial charge in [-0.2, -0.15) is 0 Å². The molecule has 3 aromatic rings. The summed E-state index contributed by atoms with van der Waals surface area (Å²) < 4.78 is 13.2. The molecule has 7 nitrogen and oxygen atoms in total. The number of aryl methyl sites for hydroxylation is 2. The van der Waals surface area contributed by atoms with Gasteiger partial charge < -0.3 is 19.4 Å². The maximum atomic E-state index is 12.6. The SMILES string of the molecule is CCc1cccc(C)c1NC(=O)CSc1nnc(C(C)Oc2ccc(OC)cc2)n1CC. The summed E-state index contributed by atoms with van der Waals surface area (Å²) in [5.41, 5.74) is 3.10. The summed E-state index contributed by atoms with van der Waals surface area (Å²) in [5.74, 6) is 2.41. The Morgan fingerprint density at radius 2 is 1.84 bits per heavy atom. The molecule has 1 N–H and O–H groups in total. The van der Waals surface area contributed by atoms with Crippen LogP contribution in [0.3, 0.4) is 0 Å². The quantitative estimate of drug-likeness (QED) is 0.432. The first-order valence-corrected chi connectivity index (χ1v) is 11.7.